The average Bonchev–Trinajstić information content (AvgIpc) is 2.28. The van der Waals surface area contributed by atoms with Crippen LogP contribution in [0.2, 0.25) is 0 Å². The van der Waals surface area contributed by atoms with Crippen molar-refractivity contribution in [3.63, 3.8) is 0 Å². The summed E-state index contributed by atoms with van der Waals surface area (Å²) < 4.78 is 26.0. The number of piperazine rings is 1. The molecule has 0 aromatic rings. The summed E-state index contributed by atoms with van der Waals surface area (Å²) in [7, 11) is 0. The lowest BCUT2D eigenvalue weighted by molar-refractivity contribution is -0.0682. The molecule has 3 rings (SSSR count). The number of hydrogen-bond donors (Lipinski definition) is 1. The van der Waals surface area contributed by atoms with Crippen molar-refractivity contribution in [1.29, 1.82) is 0 Å². The van der Waals surface area contributed by atoms with Gasteiger partial charge in [-0.25, -0.2) is 8.78 Å². The van der Waals surface area contributed by atoms with Gasteiger partial charge in [-0.1, -0.05) is 0 Å². The summed E-state index contributed by atoms with van der Waals surface area (Å²) in [6, 6.07) is 1.39. The molecule has 0 aromatic carbocycles. The van der Waals surface area contributed by atoms with Gasteiger partial charge in [0, 0.05) is 44.6 Å². The van der Waals surface area contributed by atoms with E-state index in [0.717, 1.165) is 32.5 Å². The molecule has 16 heavy (non-hydrogen) atoms. The van der Waals surface area contributed by atoms with Gasteiger partial charge >= 0.3 is 0 Å². The first-order chi connectivity index (χ1) is 7.64. The normalized spacial score (nSPS) is 39.4. The van der Waals surface area contributed by atoms with Crippen LogP contribution in [0.25, 0.3) is 0 Å². The van der Waals surface area contributed by atoms with Crippen molar-refractivity contribution in [1.82, 2.24) is 10.2 Å². The first kappa shape index (κ1) is 10.9. The second-order valence-corrected chi connectivity index (χ2v) is 5.70. The molecule has 2 unspecified atom stereocenters. The largest absolute Gasteiger partial charge is 0.314 e. The Kier molecular flexibility index (Phi) is 2.67. The minimum absolute atomic E-state index is 0.110. The van der Waals surface area contributed by atoms with Crippen LogP contribution in [0, 0.1) is 5.92 Å². The zero-order chi connectivity index (χ0) is 11.2. The topological polar surface area (TPSA) is 15.3 Å². The fourth-order valence-corrected chi connectivity index (χ4v) is 3.44. The van der Waals surface area contributed by atoms with Crippen molar-refractivity contribution in [2.75, 3.05) is 19.6 Å². The molecule has 3 fully saturated rings. The van der Waals surface area contributed by atoms with E-state index in [0.29, 0.717) is 18.0 Å². The molecule has 2 bridgehead atoms. The van der Waals surface area contributed by atoms with E-state index in [1.165, 1.54) is 6.42 Å². The first-order valence-electron chi connectivity index (χ1n) is 6.48. The zero-order valence-corrected chi connectivity index (χ0v) is 9.59. The smallest absolute Gasteiger partial charge is 0.248 e. The number of rotatable bonds is 2. The van der Waals surface area contributed by atoms with Gasteiger partial charge in [0.2, 0.25) is 5.92 Å². The highest BCUT2D eigenvalue weighted by Gasteiger charge is 2.43. The van der Waals surface area contributed by atoms with Crippen LogP contribution in [-0.2, 0) is 0 Å². The number of nitrogens with zero attached hydrogens (tertiary/aromatic N) is 1. The molecule has 0 spiro atoms. The van der Waals surface area contributed by atoms with E-state index in [9.17, 15) is 8.78 Å². The van der Waals surface area contributed by atoms with E-state index in [2.05, 4.69) is 10.2 Å². The molecular weight excluding hydrogens is 210 g/mol. The molecule has 2 heterocycles. The summed E-state index contributed by atoms with van der Waals surface area (Å²) in [4.78, 5) is 2.55. The molecule has 4 heteroatoms. The highest BCUT2D eigenvalue weighted by Crippen LogP contribution is 2.38. The molecule has 0 aromatic heterocycles. The summed E-state index contributed by atoms with van der Waals surface area (Å²) in [5.74, 6) is -1.86. The van der Waals surface area contributed by atoms with Gasteiger partial charge in [-0.2, -0.15) is 0 Å². The Labute approximate surface area is 95.4 Å². The summed E-state index contributed by atoms with van der Waals surface area (Å²) in [6.45, 7) is 3.26. The monoisotopic (exact) mass is 230 g/mol. The number of piperidine rings is 1. The maximum atomic E-state index is 13.0. The van der Waals surface area contributed by atoms with E-state index in [1.54, 1.807) is 0 Å². The predicted octanol–water partition coefficient (Wildman–Crippen LogP) is 1.86. The Morgan fingerprint density at radius 1 is 1.12 bits per heavy atom. The first-order valence-corrected chi connectivity index (χ1v) is 6.48. The molecule has 1 aliphatic carbocycles. The van der Waals surface area contributed by atoms with Crippen molar-refractivity contribution >= 4 is 0 Å². The molecule has 0 amide bonds. The lowest BCUT2D eigenvalue weighted by atomic mass is 9.82. The molecule has 0 radical (unpaired) electrons. The van der Waals surface area contributed by atoms with Crippen LogP contribution >= 0.6 is 0 Å². The fraction of sp³-hybridized carbons (Fsp3) is 1.00. The van der Waals surface area contributed by atoms with Crippen LogP contribution < -0.4 is 5.32 Å². The van der Waals surface area contributed by atoms with E-state index < -0.39 is 5.92 Å². The Morgan fingerprint density at radius 3 is 2.31 bits per heavy atom. The average molecular weight is 230 g/mol. The standard InChI is InChI=1S/C12H20F2N2/c13-12(14)3-1-9(2-4-12)8-16-10-5-11(16)7-15-6-10/h9-11,15H,1-8H2. The number of alkyl halides is 2. The van der Waals surface area contributed by atoms with Gasteiger partial charge in [-0.3, -0.25) is 4.90 Å². The highest BCUT2D eigenvalue weighted by molar-refractivity contribution is 5.00. The van der Waals surface area contributed by atoms with E-state index in [-0.39, 0.29) is 12.8 Å². The van der Waals surface area contributed by atoms with Crippen molar-refractivity contribution < 1.29 is 8.78 Å². The lowest BCUT2D eigenvalue weighted by Crippen LogP contribution is -2.68. The molecule has 3 aliphatic rings. The predicted molar refractivity (Wildman–Crippen MR) is 58.7 cm³/mol. The van der Waals surface area contributed by atoms with Gasteiger partial charge in [0.15, 0.2) is 0 Å². The van der Waals surface area contributed by atoms with Crippen molar-refractivity contribution in [2.45, 2.75) is 50.1 Å². The minimum Gasteiger partial charge on any atom is -0.314 e. The van der Waals surface area contributed by atoms with Crippen LogP contribution in [0.4, 0.5) is 8.78 Å². The molecule has 2 aliphatic heterocycles. The van der Waals surface area contributed by atoms with Gasteiger partial charge in [0.1, 0.15) is 0 Å². The second kappa shape index (κ2) is 3.91. The van der Waals surface area contributed by atoms with Crippen LogP contribution in [0.5, 0.6) is 0 Å². The van der Waals surface area contributed by atoms with Crippen LogP contribution in [0.15, 0.2) is 0 Å². The van der Waals surface area contributed by atoms with Gasteiger partial charge in [0.25, 0.3) is 0 Å². The molecule has 1 N–H and O–H groups in total. The third-order valence-electron chi connectivity index (χ3n) is 4.55. The molecule has 2 nitrogen and oxygen atoms in total. The van der Waals surface area contributed by atoms with Gasteiger partial charge < -0.3 is 5.32 Å². The van der Waals surface area contributed by atoms with Crippen molar-refractivity contribution in [3.05, 3.63) is 0 Å². The van der Waals surface area contributed by atoms with Gasteiger partial charge in [-0.05, 0) is 25.2 Å². The zero-order valence-electron chi connectivity index (χ0n) is 9.59. The Bertz CT molecular complexity index is 246. The Balaban J connectivity index is 1.49. The van der Waals surface area contributed by atoms with Crippen LogP contribution in [0.3, 0.4) is 0 Å². The van der Waals surface area contributed by atoms with E-state index in [4.69, 9.17) is 0 Å². The summed E-state index contributed by atoms with van der Waals surface area (Å²) in [5, 5.41) is 3.40. The van der Waals surface area contributed by atoms with Crippen molar-refractivity contribution in [3.8, 4) is 0 Å². The second-order valence-electron chi connectivity index (χ2n) is 5.70. The highest BCUT2D eigenvalue weighted by atomic mass is 19.3. The van der Waals surface area contributed by atoms with E-state index >= 15 is 0 Å². The Hall–Kier alpha value is -0.220. The summed E-state index contributed by atoms with van der Waals surface area (Å²) in [6.07, 6.45) is 2.97. The molecule has 1 saturated carbocycles. The molecule has 92 valence electrons. The number of halogens is 2. The SMILES string of the molecule is FC1(F)CCC(CN2C3CNCC2C3)CC1. The van der Waals surface area contributed by atoms with Gasteiger partial charge in [0.05, 0.1) is 0 Å². The third kappa shape index (κ3) is 1.97. The van der Waals surface area contributed by atoms with Crippen LogP contribution in [0.1, 0.15) is 32.1 Å². The van der Waals surface area contributed by atoms with Gasteiger partial charge in [-0.15, -0.1) is 0 Å². The van der Waals surface area contributed by atoms with Crippen molar-refractivity contribution in [2.24, 2.45) is 5.92 Å². The Morgan fingerprint density at radius 2 is 1.75 bits per heavy atom. The molecule has 2 saturated heterocycles. The lowest BCUT2D eigenvalue weighted by Gasteiger charge is -2.54. The molecular formula is C12H20F2N2. The summed E-state index contributed by atoms with van der Waals surface area (Å²) >= 11 is 0. The van der Waals surface area contributed by atoms with E-state index in [1.807, 2.05) is 0 Å². The summed E-state index contributed by atoms with van der Waals surface area (Å²) in [5.41, 5.74) is 0. The third-order valence-corrected chi connectivity index (χ3v) is 4.55. The molecule has 2 atom stereocenters. The van der Waals surface area contributed by atoms with Crippen LogP contribution in [-0.4, -0.2) is 42.5 Å². The maximum absolute atomic E-state index is 13.0. The minimum atomic E-state index is -2.37. The fourth-order valence-electron chi connectivity index (χ4n) is 3.44. The maximum Gasteiger partial charge on any atom is 0.248 e. The number of hydrogen-bond acceptors (Lipinski definition) is 2. The quantitative estimate of drug-likeness (QED) is 0.779. The number of fused-ring (bicyclic) bond motifs is 2. The number of nitrogens with one attached hydrogen (secondary N) is 1.